The second kappa shape index (κ2) is 6.05. The number of fused-ring (bicyclic) bond motifs is 1. The number of ether oxygens (including phenoxy) is 2. The molecule has 0 saturated heterocycles. The van der Waals surface area contributed by atoms with Crippen LogP contribution in [0.3, 0.4) is 0 Å². The number of carbonyl (C=O) groups is 2. The van der Waals surface area contributed by atoms with Crippen molar-refractivity contribution in [1.29, 1.82) is 0 Å². The van der Waals surface area contributed by atoms with E-state index >= 15 is 0 Å². The minimum atomic E-state index is -0.492. The molecular weight excluding hydrogens is 334 g/mol. The zero-order chi connectivity index (χ0) is 18.4. The number of hydrogen-bond donors (Lipinski definition) is 0. The van der Waals surface area contributed by atoms with Crippen LogP contribution < -0.4 is 4.74 Å². The lowest BCUT2D eigenvalue weighted by molar-refractivity contribution is 0.0601. The highest BCUT2D eigenvalue weighted by Crippen LogP contribution is 2.42. The molecule has 0 atom stereocenters. The third-order valence-corrected chi connectivity index (χ3v) is 4.81. The normalized spacial score (nSPS) is 13.8. The summed E-state index contributed by atoms with van der Waals surface area (Å²) >= 11 is 0. The third-order valence-electron chi connectivity index (χ3n) is 4.81. The second-order valence-electron chi connectivity index (χ2n) is 6.51. The van der Waals surface area contributed by atoms with E-state index in [1.54, 1.807) is 25.1 Å². The first-order chi connectivity index (χ1) is 12.5. The Balaban J connectivity index is 1.78. The molecule has 4 rings (SSSR count). The van der Waals surface area contributed by atoms with Crippen LogP contribution in [-0.2, 0) is 4.74 Å². The summed E-state index contributed by atoms with van der Waals surface area (Å²) in [5.41, 5.74) is 2.73. The van der Waals surface area contributed by atoms with Crippen molar-refractivity contribution in [3.8, 4) is 5.75 Å². The number of methoxy groups -OCH3 is 1. The zero-order valence-electron chi connectivity index (χ0n) is 14.9. The van der Waals surface area contributed by atoms with E-state index in [1.807, 2.05) is 13.0 Å². The molecule has 0 aliphatic heterocycles. The predicted molar refractivity (Wildman–Crippen MR) is 94.7 cm³/mol. The van der Waals surface area contributed by atoms with Gasteiger partial charge in [0.1, 0.15) is 17.1 Å². The minimum Gasteiger partial charge on any atom is -0.469 e. The van der Waals surface area contributed by atoms with E-state index in [2.05, 4.69) is 4.57 Å². The quantitative estimate of drug-likeness (QED) is 0.519. The van der Waals surface area contributed by atoms with E-state index < -0.39 is 5.97 Å². The molecule has 1 aromatic carbocycles. The largest absolute Gasteiger partial charge is 0.469 e. The molecule has 2 heterocycles. The zero-order valence-corrected chi connectivity index (χ0v) is 14.9. The Morgan fingerprint density at radius 2 is 1.92 bits per heavy atom. The summed E-state index contributed by atoms with van der Waals surface area (Å²) in [5.74, 6) is -0.00196. The fourth-order valence-electron chi connectivity index (χ4n) is 3.41. The Labute approximate surface area is 150 Å². The van der Waals surface area contributed by atoms with E-state index in [9.17, 15) is 9.59 Å². The van der Waals surface area contributed by atoms with Crippen molar-refractivity contribution in [2.45, 2.75) is 32.7 Å². The monoisotopic (exact) mass is 353 g/mol. The molecule has 1 fully saturated rings. The van der Waals surface area contributed by atoms with Gasteiger partial charge in [-0.1, -0.05) is 0 Å². The fraction of sp³-hybridized carbons (Fsp3) is 0.300. The van der Waals surface area contributed by atoms with Crippen molar-refractivity contribution in [3.05, 3.63) is 53.1 Å². The van der Waals surface area contributed by atoms with Crippen LogP contribution in [0.15, 0.2) is 34.9 Å². The van der Waals surface area contributed by atoms with E-state index in [1.165, 1.54) is 13.4 Å². The highest BCUT2D eigenvalue weighted by molar-refractivity contribution is 6.06. The molecule has 1 aliphatic carbocycles. The van der Waals surface area contributed by atoms with Gasteiger partial charge in [0, 0.05) is 22.6 Å². The molecule has 0 amide bonds. The van der Waals surface area contributed by atoms with Gasteiger partial charge in [0.2, 0.25) is 0 Å². The third kappa shape index (κ3) is 2.58. The number of benzene rings is 1. The van der Waals surface area contributed by atoms with Crippen LogP contribution in [0.1, 0.15) is 51.1 Å². The van der Waals surface area contributed by atoms with E-state index in [-0.39, 0.29) is 5.97 Å². The molecular formula is C20H19NO5. The topological polar surface area (TPSA) is 70.7 Å². The first kappa shape index (κ1) is 16.4. The van der Waals surface area contributed by atoms with Crippen molar-refractivity contribution < 1.29 is 23.5 Å². The number of aromatic nitrogens is 1. The Morgan fingerprint density at radius 3 is 2.54 bits per heavy atom. The molecule has 6 heteroatoms. The molecule has 0 unspecified atom stereocenters. The van der Waals surface area contributed by atoms with Gasteiger partial charge in [-0.2, -0.15) is 0 Å². The lowest BCUT2D eigenvalue weighted by Crippen LogP contribution is -2.08. The highest BCUT2D eigenvalue weighted by atomic mass is 16.5. The number of aryl methyl sites for hydroxylation is 1. The maximum absolute atomic E-state index is 12.3. The van der Waals surface area contributed by atoms with Crippen molar-refractivity contribution in [3.63, 3.8) is 0 Å². The molecule has 26 heavy (non-hydrogen) atoms. The van der Waals surface area contributed by atoms with Crippen molar-refractivity contribution >= 4 is 22.8 Å². The van der Waals surface area contributed by atoms with Gasteiger partial charge in [-0.25, -0.2) is 9.59 Å². The Hall–Kier alpha value is -3.02. The standard InChI is InChI=1S/C20H19NO5/c1-11-18(20(23)24-3)16-10-14(6-7-17(16)21(11)13-4-5-13)26-19(22)15-8-9-25-12(15)2/h6-10,13H,4-5H2,1-3H3. The fourth-order valence-corrected chi connectivity index (χ4v) is 3.41. The molecule has 6 nitrogen and oxygen atoms in total. The molecule has 3 aromatic rings. The molecule has 1 aliphatic rings. The molecule has 1 saturated carbocycles. The van der Waals surface area contributed by atoms with Crippen LogP contribution in [0.2, 0.25) is 0 Å². The van der Waals surface area contributed by atoms with Crippen LogP contribution in [0.25, 0.3) is 10.9 Å². The van der Waals surface area contributed by atoms with Gasteiger partial charge in [-0.05, 0) is 51.0 Å². The summed E-state index contributed by atoms with van der Waals surface area (Å²) < 4.78 is 17.8. The summed E-state index contributed by atoms with van der Waals surface area (Å²) in [6.07, 6.45) is 3.65. The second-order valence-corrected chi connectivity index (χ2v) is 6.51. The van der Waals surface area contributed by atoms with Gasteiger partial charge < -0.3 is 18.5 Å². The number of hydrogen-bond acceptors (Lipinski definition) is 5. The number of furan rings is 1. The smallest absolute Gasteiger partial charge is 0.347 e. The average molecular weight is 353 g/mol. The van der Waals surface area contributed by atoms with Crippen LogP contribution in [0.4, 0.5) is 0 Å². The maximum atomic E-state index is 12.3. The van der Waals surface area contributed by atoms with Gasteiger partial charge >= 0.3 is 11.9 Å². The van der Waals surface area contributed by atoms with Crippen LogP contribution in [0.5, 0.6) is 5.75 Å². The van der Waals surface area contributed by atoms with E-state index in [0.29, 0.717) is 28.7 Å². The van der Waals surface area contributed by atoms with E-state index in [4.69, 9.17) is 13.9 Å². The van der Waals surface area contributed by atoms with Crippen molar-refractivity contribution in [1.82, 2.24) is 4.57 Å². The SMILES string of the molecule is COC(=O)c1c(C)n(C2CC2)c2ccc(OC(=O)c3ccoc3C)cc12. The lowest BCUT2D eigenvalue weighted by atomic mass is 10.1. The van der Waals surface area contributed by atoms with E-state index in [0.717, 1.165) is 29.4 Å². The Morgan fingerprint density at radius 1 is 1.15 bits per heavy atom. The molecule has 0 bridgehead atoms. The van der Waals surface area contributed by atoms with Gasteiger partial charge in [-0.3, -0.25) is 0 Å². The number of rotatable bonds is 4. The van der Waals surface area contributed by atoms with Crippen molar-refractivity contribution in [2.75, 3.05) is 7.11 Å². The predicted octanol–water partition coefficient (Wildman–Crippen LogP) is 4.19. The Bertz CT molecular complexity index is 1020. The summed E-state index contributed by atoms with van der Waals surface area (Å²) in [6, 6.07) is 7.34. The first-order valence-electron chi connectivity index (χ1n) is 8.50. The summed E-state index contributed by atoms with van der Waals surface area (Å²) in [6.45, 7) is 3.62. The molecule has 2 aromatic heterocycles. The van der Waals surface area contributed by atoms with Crippen LogP contribution in [-0.4, -0.2) is 23.6 Å². The summed E-state index contributed by atoms with van der Waals surface area (Å²) in [4.78, 5) is 24.6. The first-order valence-corrected chi connectivity index (χ1v) is 8.50. The number of nitrogens with zero attached hydrogens (tertiary/aromatic N) is 1. The molecule has 134 valence electrons. The summed E-state index contributed by atoms with van der Waals surface area (Å²) in [5, 5.41) is 0.732. The lowest BCUT2D eigenvalue weighted by Gasteiger charge is -2.07. The average Bonchev–Trinajstić information content (AvgIpc) is 3.29. The van der Waals surface area contributed by atoms with Gasteiger partial charge in [0.05, 0.1) is 18.9 Å². The van der Waals surface area contributed by atoms with Gasteiger partial charge in [0.25, 0.3) is 0 Å². The van der Waals surface area contributed by atoms with Crippen LogP contribution >= 0.6 is 0 Å². The molecule has 0 N–H and O–H groups in total. The van der Waals surface area contributed by atoms with Gasteiger partial charge in [0.15, 0.2) is 0 Å². The van der Waals surface area contributed by atoms with Crippen molar-refractivity contribution in [2.24, 2.45) is 0 Å². The number of esters is 2. The maximum Gasteiger partial charge on any atom is 0.347 e. The Kier molecular flexibility index (Phi) is 3.83. The van der Waals surface area contributed by atoms with Crippen LogP contribution in [0, 0.1) is 13.8 Å². The number of carbonyl (C=O) groups excluding carboxylic acids is 2. The highest BCUT2D eigenvalue weighted by Gasteiger charge is 2.30. The summed E-state index contributed by atoms with van der Waals surface area (Å²) in [7, 11) is 1.37. The van der Waals surface area contributed by atoms with Gasteiger partial charge in [-0.15, -0.1) is 0 Å². The molecule has 0 radical (unpaired) electrons. The molecule has 0 spiro atoms. The minimum absolute atomic E-state index is 0.376.